The van der Waals surface area contributed by atoms with E-state index < -0.39 is 0 Å². The maximum absolute atomic E-state index is 5.75. The van der Waals surface area contributed by atoms with E-state index in [9.17, 15) is 0 Å². The van der Waals surface area contributed by atoms with Crippen molar-refractivity contribution >= 4 is 21.6 Å². The lowest BCUT2D eigenvalue weighted by atomic mass is 10.3. The Hall–Kier alpha value is -1.76. The van der Waals surface area contributed by atoms with Crippen LogP contribution in [0, 0.1) is 0 Å². The predicted molar refractivity (Wildman–Crippen MR) is 90.6 cm³/mol. The van der Waals surface area contributed by atoms with Gasteiger partial charge in [0.25, 0.3) is 0 Å². The molecule has 3 aromatic heterocycles. The number of hydrogen-bond acceptors (Lipinski definition) is 6. The van der Waals surface area contributed by atoms with E-state index in [4.69, 9.17) is 9.15 Å². The SMILES string of the molecule is CCc1ccc(-c2ncc3cc(CN4CCOCC4)sc3n2)o1. The number of hydrogen-bond donors (Lipinski definition) is 0. The van der Waals surface area contributed by atoms with E-state index in [1.807, 2.05) is 18.3 Å². The van der Waals surface area contributed by atoms with Gasteiger partial charge in [0.15, 0.2) is 11.6 Å². The molecule has 0 atom stereocenters. The molecule has 1 aliphatic heterocycles. The van der Waals surface area contributed by atoms with Gasteiger partial charge in [-0.1, -0.05) is 6.92 Å². The molecule has 6 heteroatoms. The summed E-state index contributed by atoms with van der Waals surface area (Å²) in [5.74, 6) is 2.37. The number of furan rings is 1. The highest BCUT2D eigenvalue weighted by atomic mass is 32.1. The third-order valence-electron chi connectivity index (χ3n) is 4.04. The first kappa shape index (κ1) is 14.8. The molecule has 0 aliphatic carbocycles. The summed E-state index contributed by atoms with van der Waals surface area (Å²) in [4.78, 5) is 13.9. The van der Waals surface area contributed by atoms with Crippen LogP contribution in [0.3, 0.4) is 0 Å². The molecule has 0 radical (unpaired) electrons. The van der Waals surface area contributed by atoms with Crippen molar-refractivity contribution in [2.75, 3.05) is 26.3 Å². The molecule has 120 valence electrons. The number of nitrogens with zero attached hydrogens (tertiary/aromatic N) is 3. The van der Waals surface area contributed by atoms with Crippen LogP contribution in [-0.2, 0) is 17.7 Å². The summed E-state index contributed by atoms with van der Waals surface area (Å²) < 4.78 is 11.2. The molecule has 0 unspecified atom stereocenters. The molecule has 5 nitrogen and oxygen atoms in total. The molecule has 0 spiro atoms. The Labute approximate surface area is 138 Å². The molecule has 4 rings (SSSR count). The highest BCUT2D eigenvalue weighted by molar-refractivity contribution is 7.18. The Morgan fingerprint density at radius 1 is 1.26 bits per heavy atom. The summed E-state index contributed by atoms with van der Waals surface area (Å²) in [6.45, 7) is 6.68. The first-order chi connectivity index (χ1) is 11.3. The van der Waals surface area contributed by atoms with Gasteiger partial charge >= 0.3 is 0 Å². The Morgan fingerprint density at radius 2 is 2.13 bits per heavy atom. The Bertz CT molecular complexity index is 805. The van der Waals surface area contributed by atoms with Crippen LogP contribution in [0.25, 0.3) is 21.8 Å². The molecule has 0 aromatic carbocycles. The molecule has 1 fully saturated rings. The molecule has 0 saturated carbocycles. The van der Waals surface area contributed by atoms with Crippen molar-refractivity contribution in [3.8, 4) is 11.6 Å². The van der Waals surface area contributed by atoms with Gasteiger partial charge in [0, 0.05) is 42.5 Å². The smallest absolute Gasteiger partial charge is 0.197 e. The maximum Gasteiger partial charge on any atom is 0.197 e. The van der Waals surface area contributed by atoms with Gasteiger partial charge in [0.1, 0.15) is 10.6 Å². The van der Waals surface area contributed by atoms with E-state index >= 15 is 0 Å². The minimum absolute atomic E-state index is 0.664. The second-order valence-electron chi connectivity index (χ2n) is 5.67. The van der Waals surface area contributed by atoms with E-state index in [1.54, 1.807) is 11.3 Å². The highest BCUT2D eigenvalue weighted by Crippen LogP contribution is 2.27. The normalized spacial score (nSPS) is 16.2. The first-order valence-corrected chi connectivity index (χ1v) is 8.78. The predicted octanol–water partition coefficient (Wildman–Crippen LogP) is 3.35. The van der Waals surface area contributed by atoms with Crippen molar-refractivity contribution in [2.45, 2.75) is 19.9 Å². The zero-order valence-electron chi connectivity index (χ0n) is 13.1. The summed E-state index contributed by atoms with van der Waals surface area (Å²) in [6, 6.07) is 6.13. The third-order valence-corrected chi connectivity index (χ3v) is 5.07. The lowest BCUT2D eigenvalue weighted by Gasteiger charge is -2.25. The lowest BCUT2D eigenvalue weighted by Crippen LogP contribution is -2.35. The Morgan fingerprint density at radius 3 is 2.91 bits per heavy atom. The zero-order chi connectivity index (χ0) is 15.6. The molecular formula is C17H19N3O2S. The zero-order valence-corrected chi connectivity index (χ0v) is 13.9. The van der Waals surface area contributed by atoms with E-state index in [2.05, 4.69) is 27.9 Å². The second kappa shape index (κ2) is 6.39. The van der Waals surface area contributed by atoms with Crippen LogP contribution >= 0.6 is 11.3 Å². The molecule has 4 heterocycles. The van der Waals surface area contributed by atoms with E-state index in [0.717, 1.165) is 61.0 Å². The number of fused-ring (bicyclic) bond motifs is 1. The van der Waals surface area contributed by atoms with Gasteiger partial charge in [-0.2, -0.15) is 0 Å². The molecule has 1 aliphatic rings. The van der Waals surface area contributed by atoms with Crippen molar-refractivity contribution in [3.05, 3.63) is 35.0 Å². The number of aromatic nitrogens is 2. The molecule has 3 aromatic rings. The molecular weight excluding hydrogens is 310 g/mol. The molecule has 0 N–H and O–H groups in total. The summed E-state index contributed by atoms with van der Waals surface area (Å²) in [6.07, 6.45) is 2.77. The van der Waals surface area contributed by atoms with E-state index in [-0.39, 0.29) is 0 Å². The van der Waals surface area contributed by atoms with Gasteiger partial charge in [0.2, 0.25) is 0 Å². The maximum atomic E-state index is 5.75. The third kappa shape index (κ3) is 3.15. The largest absolute Gasteiger partial charge is 0.458 e. The van der Waals surface area contributed by atoms with Crippen molar-refractivity contribution in [2.24, 2.45) is 0 Å². The summed E-state index contributed by atoms with van der Waals surface area (Å²) in [7, 11) is 0. The number of ether oxygens (including phenoxy) is 1. The van der Waals surface area contributed by atoms with E-state index in [1.165, 1.54) is 4.88 Å². The fraction of sp³-hybridized carbons (Fsp3) is 0.412. The van der Waals surface area contributed by atoms with Gasteiger partial charge in [-0.05, 0) is 18.2 Å². The van der Waals surface area contributed by atoms with Gasteiger partial charge in [-0.25, -0.2) is 9.97 Å². The van der Waals surface area contributed by atoms with Crippen LogP contribution in [0.2, 0.25) is 0 Å². The molecule has 0 bridgehead atoms. The van der Waals surface area contributed by atoms with Crippen molar-refractivity contribution in [3.63, 3.8) is 0 Å². The second-order valence-corrected chi connectivity index (χ2v) is 6.79. The first-order valence-electron chi connectivity index (χ1n) is 7.96. The van der Waals surface area contributed by atoms with Crippen LogP contribution in [0.4, 0.5) is 0 Å². The van der Waals surface area contributed by atoms with E-state index in [0.29, 0.717) is 5.82 Å². The Kier molecular flexibility index (Phi) is 4.11. The van der Waals surface area contributed by atoms with Crippen LogP contribution in [0.5, 0.6) is 0 Å². The van der Waals surface area contributed by atoms with Crippen molar-refractivity contribution in [1.82, 2.24) is 14.9 Å². The van der Waals surface area contributed by atoms with Crippen LogP contribution in [-0.4, -0.2) is 41.2 Å². The topological polar surface area (TPSA) is 51.4 Å². The lowest BCUT2D eigenvalue weighted by molar-refractivity contribution is 0.0346. The fourth-order valence-electron chi connectivity index (χ4n) is 2.75. The standard InChI is InChI=1S/C17H19N3O2S/c1-2-13-3-4-15(22-13)16-18-10-12-9-14(23-17(12)19-16)11-20-5-7-21-8-6-20/h3-4,9-10H,2,5-8,11H2,1H3. The molecule has 23 heavy (non-hydrogen) atoms. The minimum atomic E-state index is 0.664. The average molecular weight is 329 g/mol. The van der Waals surface area contributed by atoms with Crippen LogP contribution in [0.15, 0.2) is 28.8 Å². The summed E-state index contributed by atoms with van der Waals surface area (Å²) >= 11 is 1.74. The van der Waals surface area contributed by atoms with Gasteiger partial charge in [0.05, 0.1) is 13.2 Å². The monoisotopic (exact) mass is 329 g/mol. The van der Waals surface area contributed by atoms with Gasteiger partial charge in [-0.3, -0.25) is 4.90 Å². The summed E-state index contributed by atoms with van der Waals surface area (Å²) in [5, 5.41) is 1.10. The Balaban J connectivity index is 1.58. The van der Waals surface area contributed by atoms with Crippen LogP contribution in [0.1, 0.15) is 17.6 Å². The van der Waals surface area contributed by atoms with Crippen LogP contribution < -0.4 is 0 Å². The minimum Gasteiger partial charge on any atom is -0.458 e. The summed E-state index contributed by atoms with van der Waals surface area (Å²) in [5.41, 5.74) is 0. The fourth-order valence-corrected chi connectivity index (χ4v) is 3.79. The molecule has 1 saturated heterocycles. The number of thiophene rings is 1. The van der Waals surface area contributed by atoms with Crippen molar-refractivity contribution in [1.29, 1.82) is 0 Å². The molecule has 0 amide bonds. The van der Waals surface area contributed by atoms with Gasteiger partial charge in [-0.15, -0.1) is 11.3 Å². The van der Waals surface area contributed by atoms with Gasteiger partial charge < -0.3 is 9.15 Å². The van der Waals surface area contributed by atoms with Crippen molar-refractivity contribution < 1.29 is 9.15 Å². The highest BCUT2D eigenvalue weighted by Gasteiger charge is 2.14. The quantitative estimate of drug-likeness (QED) is 0.735. The number of rotatable bonds is 4. The number of morpholine rings is 1. The number of aryl methyl sites for hydroxylation is 1. The average Bonchev–Trinajstić information content (AvgIpc) is 3.21.